The lowest BCUT2D eigenvalue weighted by Crippen LogP contribution is -2.68. The second kappa shape index (κ2) is 7.59. The first-order chi connectivity index (χ1) is 12.8. The van der Waals surface area contributed by atoms with Crippen LogP contribution in [0.25, 0.3) is 0 Å². The van der Waals surface area contributed by atoms with Crippen molar-refractivity contribution in [1.29, 1.82) is 0 Å². The Kier molecular flexibility index (Phi) is 5.66. The van der Waals surface area contributed by atoms with Crippen LogP contribution in [0.5, 0.6) is 5.75 Å². The molecule has 0 heterocycles. The molecule has 0 saturated heterocycles. The maximum Gasteiger partial charge on any atom is 0.242 e. The fourth-order valence-electron chi connectivity index (χ4n) is 4.82. The van der Waals surface area contributed by atoms with Crippen molar-refractivity contribution in [1.82, 2.24) is 10.0 Å². The summed E-state index contributed by atoms with van der Waals surface area (Å²) in [4.78, 5) is 0.219. The molecule has 0 aliphatic heterocycles. The standard InChI is InChI=1S/C19H26Br2N2O3S/c1-26-17-7-18(15(21)6-14(17)20)27(24,25)23-16(13-4-2-3-5-13)11-22-19-8-12(9-19)10-19/h6-7,12-13,16,22-23H,2-5,8-11H2,1H3/t12?,16-,19?/m0/s1. The van der Waals surface area contributed by atoms with Crippen molar-refractivity contribution in [2.45, 2.75) is 61.4 Å². The van der Waals surface area contributed by atoms with E-state index in [9.17, 15) is 8.42 Å². The van der Waals surface area contributed by atoms with Gasteiger partial charge in [0.15, 0.2) is 0 Å². The molecule has 2 bridgehead atoms. The van der Waals surface area contributed by atoms with E-state index in [1.807, 2.05) is 0 Å². The third-order valence-corrected chi connectivity index (χ3v) is 9.57. The largest absolute Gasteiger partial charge is 0.496 e. The maximum absolute atomic E-state index is 13.2. The van der Waals surface area contributed by atoms with Crippen LogP contribution in [-0.2, 0) is 10.0 Å². The molecular weight excluding hydrogens is 496 g/mol. The molecule has 1 aromatic carbocycles. The summed E-state index contributed by atoms with van der Waals surface area (Å²) in [5.41, 5.74) is 0.300. The molecule has 1 atom stereocenters. The van der Waals surface area contributed by atoms with E-state index in [2.05, 4.69) is 41.9 Å². The second-order valence-corrected chi connectivity index (χ2v) is 11.7. The maximum atomic E-state index is 13.2. The normalized spacial score (nSPS) is 28.5. The van der Waals surface area contributed by atoms with Gasteiger partial charge in [-0.25, -0.2) is 13.1 Å². The number of benzene rings is 1. The Morgan fingerprint density at radius 1 is 1.19 bits per heavy atom. The Morgan fingerprint density at radius 2 is 1.85 bits per heavy atom. The molecule has 5 nitrogen and oxygen atoms in total. The molecule has 0 unspecified atom stereocenters. The first-order valence-corrected chi connectivity index (χ1v) is 12.7. The van der Waals surface area contributed by atoms with Crippen molar-refractivity contribution in [3.05, 3.63) is 21.1 Å². The summed E-state index contributed by atoms with van der Waals surface area (Å²) in [6.07, 6.45) is 8.33. The van der Waals surface area contributed by atoms with Crippen molar-refractivity contribution >= 4 is 41.9 Å². The van der Waals surface area contributed by atoms with Crippen LogP contribution in [0.2, 0.25) is 0 Å². The van der Waals surface area contributed by atoms with Crippen molar-refractivity contribution in [3.8, 4) is 5.75 Å². The Labute approximate surface area is 178 Å². The molecule has 4 saturated carbocycles. The van der Waals surface area contributed by atoms with Crippen molar-refractivity contribution in [2.24, 2.45) is 11.8 Å². The third kappa shape index (κ3) is 3.97. The minimum absolute atomic E-state index is 0.0759. The highest BCUT2D eigenvalue weighted by Crippen LogP contribution is 2.56. The van der Waals surface area contributed by atoms with E-state index in [0.29, 0.717) is 32.7 Å². The summed E-state index contributed by atoms with van der Waals surface area (Å²) >= 11 is 6.80. The van der Waals surface area contributed by atoms with Crippen LogP contribution in [0.3, 0.4) is 0 Å². The topological polar surface area (TPSA) is 67.4 Å². The van der Waals surface area contributed by atoms with Crippen LogP contribution in [0.15, 0.2) is 26.0 Å². The van der Waals surface area contributed by atoms with Gasteiger partial charge in [0.05, 0.1) is 16.5 Å². The van der Waals surface area contributed by atoms with Gasteiger partial charge in [0.1, 0.15) is 5.75 Å². The summed E-state index contributed by atoms with van der Waals surface area (Å²) in [5, 5.41) is 3.69. The molecule has 4 aliphatic carbocycles. The lowest BCUT2D eigenvalue weighted by atomic mass is 9.50. The minimum Gasteiger partial charge on any atom is -0.496 e. The Hall–Kier alpha value is -0.150. The molecule has 0 radical (unpaired) electrons. The van der Waals surface area contributed by atoms with E-state index in [1.165, 1.54) is 39.2 Å². The first-order valence-electron chi connectivity index (χ1n) is 9.62. The highest BCUT2D eigenvalue weighted by atomic mass is 79.9. The van der Waals surface area contributed by atoms with Crippen LogP contribution in [0.1, 0.15) is 44.9 Å². The van der Waals surface area contributed by atoms with Gasteiger partial charge in [-0.3, -0.25) is 0 Å². The molecule has 27 heavy (non-hydrogen) atoms. The fraction of sp³-hybridized carbons (Fsp3) is 0.684. The molecule has 4 fully saturated rings. The van der Waals surface area contributed by atoms with Crippen LogP contribution < -0.4 is 14.8 Å². The lowest BCUT2D eigenvalue weighted by molar-refractivity contribution is -0.0522. The van der Waals surface area contributed by atoms with Gasteiger partial charge in [-0.05, 0) is 81.9 Å². The van der Waals surface area contributed by atoms with E-state index >= 15 is 0 Å². The van der Waals surface area contributed by atoms with Crippen LogP contribution in [0, 0.1) is 11.8 Å². The van der Waals surface area contributed by atoms with Gasteiger partial charge in [0, 0.05) is 28.7 Å². The molecule has 150 valence electrons. The van der Waals surface area contributed by atoms with E-state index in [4.69, 9.17) is 4.74 Å². The van der Waals surface area contributed by atoms with Gasteiger partial charge in [0.25, 0.3) is 0 Å². The third-order valence-electron chi connectivity index (χ3n) is 6.51. The van der Waals surface area contributed by atoms with E-state index in [1.54, 1.807) is 12.1 Å². The average molecular weight is 522 g/mol. The van der Waals surface area contributed by atoms with Crippen molar-refractivity contribution in [3.63, 3.8) is 0 Å². The first kappa shape index (κ1) is 20.1. The van der Waals surface area contributed by atoms with E-state index in [0.717, 1.165) is 18.8 Å². The predicted octanol–water partition coefficient (Wildman–Crippen LogP) is 4.20. The van der Waals surface area contributed by atoms with Crippen molar-refractivity contribution < 1.29 is 13.2 Å². The Bertz CT molecular complexity index is 807. The zero-order chi connectivity index (χ0) is 19.2. The highest BCUT2D eigenvalue weighted by Gasteiger charge is 2.56. The zero-order valence-corrected chi connectivity index (χ0v) is 19.4. The van der Waals surface area contributed by atoms with Crippen molar-refractivity contribution in [2.75, 3.05) is 13.7 Å². The van der Waals surface area contributed by atoms with Gasteiger partial charge < -0.3 is 10.1 Å². The van der Waals surface area contributed by atoms with Crippen LogP contribution in [-0.4, -0.2) is 33.7 Å². The summed E-state index contributed by atoms with van der Waals surface area (Å²) in [6.45, 7) is 0.710. The molecule has 0 spiro atoms. The SMILES string of the molecule is COc1cc(S(=O)(=O)N[C@@H](CNC23CC(C2)C3)C2CCCC2)c(Br)cc1Br. The molecule has 2 N–H and O–H groups in total. The number of sulfonamides is 1. The zero-order valence-electron chi connectivity index (χ0n) is 15.4. The summed E-state index contributed by atoms with van der Waals surface area (Å²) < 4.78 is 35.9. The molecular formula is C19H26Br2N2O3S. The molecule has 8 heteroatoms. The number of hydrogen-bond donors (Lipinski definition) is 2. The van der Waals surface area contributed by atoms with Gasteiger partial charge in [-0.1, -0.05) is 12.8 Å². The second-order valence-electron chi connectivity index (χ2n) is 8.33. The molecule has 1 aromatic rings. The average Bonchev–Trinajstić information content (AvgIpc) is 3.05. The molecule has 4 aliphatic rings. The number of rotatable bonds is 8. The smallest absolute Gasteiger partial charge is 0.242 e. The highest BCUT2D eigenvalue weighted by molar-refractivity contribution is 9.11. The minimum atomic E-state index is -3.66. The number of halogens is 2. The fourth-order valence-corrected chi connectivity index (χ4v) is 8.00. The number of methoxy groups -OCH3 is 1. The molecule has 0 aromatic heterocycles. The molecule has 0 amide bonds. The summed E-state index contributed by atoms with van der Waals surface area (Å²) in [7, 11) is -2.12. The van der Waals surface area contributed by atoms with Crippen LogP contribution >= 0.6 is 31.9 Å². The van der Waals surface area contributed by atoms with Gasteiger partial charge in [-0.2, -0.15) is 0 Å². The van der Waals surface area contributed by atoms with Gasteiger partial charge in [0.2, 0.25) is 10.0 Å². The summed E-state index contributed by atoms with van der Waals surface area (Å²) in [5.74, 6) is 1.81. The number of ether oxygens (including phenoxy) is 1. The van der Waals surface area contributed by atoms with Crippen LogP contribution in [0.4, 0.5) is 0 Å². The molecule has 5 rings (SSSR count). The lowest BCUT2D eigenvalue weighted by Gasteiger charge is -2.62. The van der Waals surface area contributed by atoms with E-state index < -0.39 is 10.0 Å². The van der Waals surface area contributed by atoms with Gasteiger partial charge in [-0.15, -0.1) is 0 Å². The monoisotopic (exact) mass is 520 g/mol. The van der Waals surface area contributed by atoms with Gasteiger partial charge >= 0.3 is 0 Å². The number of nitrogens with one attached hydrogen (secondary N) is 2. The van der Waals surface area contributed by atoms with E-state index in [-0.39, 0.29) is 10.9 Å². The Balaban J connectivity index is 1.53. The summed E-state index contributed by atoms with van der Waals surface area (Å²) in [6, 6.07) is 3.21. The predicted molar refractivity (Wildman–Crippen MR) is 113 cm³/mol. The number of hydrogen-bond acceptors (Lipinski definition) is 4. The quantitative estimate of drug-likeness (QED) is 0.538. The Morgan fingerprint density at radius 3 is 2.41 bits per heavy atom.